The minimum Gasteiger partial charge on any atom is -0.496 e. The molecule has 0 saturated heterocycles. The molecule has 0 radical (unpaired) electrons. The molecule has 0 aromatic heterocycles. The van der Waals surface area contributed by atoms with E-state index in [0.29, 0.717) is 17.0 Å². The molecule has 0 aliphatic heterocycles. The first-order valence-corrected chi connectivity index (χ1v) is 4.50. The van der Waals surface area contributed by atoms with Crippen molar-refractivity contribution in [2.45, 2.75) is 12.8 Å². The molecule has 0 spiro atoms. The lowest BCUT2D eigenvalue weighted by Gasteiger charge is -2.06. The molecular weight excluding hydrogens is 188 g/mol. The zero-order valence-corrected chi connectivity index (χ0v) is 8.02. The Labute approximate surface area is 81.5 Å². The van der Waals surface area contributed by atoms with Crippen LogP contribution in [0.15, 0.2) is 12.1 Å². The van der Waals surface area contributed by atoms with Gasteiger partial charge in [0.05, 0.1) is 12.1 Å². The number of hydrogen-bond acceptors (Lipinski definition) is 2. The molecule has 0 unspecified atom stereocenters. The summed E-state index contributed by atoms with van der Waals surface area (Å²) in [5.41, 5.74) is 1.61. The fraction of sp³-hybridized carbons (Fsp3) is 0.300. The molecule has 68 valence electrons. The minimum atomic E-state index is 0.124. The van der Waals surface area contributed by atoms with Gasteiger partial charge in [-0.15, -0.1) is 0 Å². The highest BCUT2D eigenvalue weighted by Gasteiger charge is 2.25. The summed E-state index contributed by atoms with van der Waals surface area (Å²) in [6.07, 6.45) is 1.30. The van der Waals surface area contributed by atoms with Gasteiger partial charge >= 0.3 is 0 Å². The Morgan fingerprint density at radius 1 is 1.38 bits per heavy atom. The number of carbonyl (C=O) groups excluding carboxylic acids is 1. The number of benzene rings is 1. The highest BCUT2D eigenvalue weighted by molar-refractivity contribution is 6.34. The summed E-state index contributed by atoms with van der Waals surface area (Å²) in [5, 5.41) is 0.540. The average molecular weight is 197 g/mol. The predicted octanol–water partition coefficient (Wildman–Crippen LogP) is 2.48. The highest BCUT2D eigenvalue weighted by atomic mass is 35.5. The van der Waals surface area contributed by atoms with Crippen molar-refractivity contribution in [2.75, 3.05) is 7.11 Å². The maximum atomic E-state index is 11.4. The lowest BCUT2D eigenvalue weighted by atomic mass is 10.1. The number of ketones is 1. The number of carbonyl (C=O) groups is 1. The Morgan fingerprint density at radius 3 is 2.85 bits per heavy atom. The molecule has 1 aliphatic carbocycles. The largest absolute Gasteiger partial charge is 0.496 e. The summed E-state index contributed by atoms with van der Waals surface area (Å²) in [4.78, 5) is 11.4. The first-order valence-electron chi connectivity index (χ1n) is 4.12. The minimum absolute atomic E-state index is 0.124. The van der Waals surface area contributed by atoms with Gasteiger partial charge in [-0.2, -0.15) is 0 Å². The summed E-state index contributed by atoms with van der Waals surface area (Å²) >= 11 is 5.92. The molecule has 0 heterocycles. The number of hydrogen-bond donors (Lipinski definition) is 0. The number of fused-ring (bicyclic) bond motifs is 1. The van der Waals surface area contributed by atoms with Crippen LogP contribution in [0.3, 0.4) is 0 Å². The molecule has 0 bridgehead atoms. The number of halogens is 1. The first-order chi connectivity index (χ1) is 6.24. The van der Waals surface area contributed by atoms with E-state index in [2.05, 4.69) is 0 Å². The van der Waals surface area contributed by atoms with E-state index in [1.54, 1.807) is 19.2 Å². The zero-order chi connectivity index (χ0) is 9.42. The maximum absolute atomic E-state index is 11.4. The van der Waals surface area contributed by atoms with Gasteiger partial charge < -0.3 is 4.74 Å². The molecule has 0 amide bonds. The second-order valence-electron chi connectivity index (χ2n) is 3.03. The Bertz CT molecular complexity index is 371. The van der Waals surface area contributed by atoms with E-state index >= 15 is 0 Å². The summed E-state index contributed by atoms with van der Waals surface area (Å²) in [7, 11) is 1.60. The van der Waals surface area contributed by atoms with Crippen LogP contribution in [-0.2, 0) is 6.42 Å². The van der Waals surface area contributed by atoms with Gasteiger partial charge in [0.2, 0.25) is 0 Å². The van der Waals surface area contributed by atoms with Crippen LogP contribution in [0.25, 0.3) is 0 Å². The molecule has 2 rings (SSSR count). The molecule has 1 aromatic rings. The zero-order valence-electron chi connectivity index (χ0n) is 7.26. The summed E-state index contributed by atoms with van der Waals surface area (Å²) in [6.45, 7) is 0. The Balaban J connectivity index is 2.65. The van der Waals surface area contributed by atoms with E-state index in [0.717, 1.165) is 17.7 Å². The van der Waals surface area contributed by atoms with Gasteiger partial charge in [-0.05, 0) is 18.6 Å². The quantitative estimate of drug-likeness (QED) is 0.690. The second-order valence-corrected chi connectivity index (χ2v) is 3.43. The van der Waals surface area contributed by atoms with E-state index in [-0.39, 0.29) is 5.78 Å². The average Bonchev–Trinajstić information content (AvgIpc) is 2.50. The van der Waals surface area contributed by atoms with Crippen molar-refractivity contribution < 1.29 is 9.53 Å². The van der Waals surface area contributed by atoms with Gasteiger partial charge in [0.15, 0.2) is 5.78 Å². The standard InChI is InChI=1S/C10H9ClO2/c1-13-9-5-3-7(11)10-6(9)2-4-8(10)12/h3,5H,2,4H2,1H3. The van der Waals surface area contributed by atoms with Gasteiger partial charge in [0, 0.05) is 17.5 Å². The van der Waals surface area contributed by atoms with E-state index < -0.39 is 0 Å². The van der Waals surface area contributed by atoms with Gasteiger partial charge in [0.25, 0.3) is 0 Å². The topological polar surface area (TPSA) is 26.3 Å². The molecule has 0 fully saturated rings. The van der Waals surface area contributed by atoms with Crippen molar-refractivity contribution >= 4 is 17.4 Å². The first kappa shape index (κ1) is 8.57. The van der Waals surface area contributed by atoms with Crippen molar-refractivity contribution in [2.24, 2.45) is 0 Å². The fourth-order valence-corrected chi connectivity index (χ4v) is 1.99. The van der Waals surface area contributed by atoms with Gasteiger partial charge in [-0.3, -0.25) is 4.79 Å². The molecule has 1 aliphatic rings. The molecule has 1 aromatic carbocycles. The predicted molar refractivity (Wildman–Crippen MR) is 50.7 cm³/mol. The normalized spacial score (nSPS) is 14.5. The molecule has 0 atom stereocenters. The van der Waals surface area contributed by atoms with Crippen LogP contribution >= 0.6 is 11.6 Å². The van der Waals surface area contributed by atoms with Crippen LogP contribution < -0.4 is 4.74 Å². The van der Waals surface area contributed by atoms with Crippen LogP contribution in [0.2, 0.25) is 5.02 Å². The van der Waals surface area contributed by atoms with Crippen LogP contribution in [-0.4, -0.2) is 12.9 Å². The third kappa shape index (κ3) is 1.22. The van der Waals surface area contributed by atoms with Crippen LogP contribution in [0.5, 0.6) is 5.75 Å². The summed E-state index contributed by atoms with van der Waals surface area (Å²) < 4.78 is 5.15. The lowest BCUT2D eigenvalue weighted by molar-refractivity contribution is 0.0994. The number of ether oxygens (including phenoxy) is 1. The summed E-state index contributed by atoms with van der Waals surface area (Å²) in [6, 6.07) is 3.52. The van der Waals surface area contributed by atoms with Crippen molar-refractivity contribution in [3.05, 3.63) is 28.3 Å². The van der Waals surface area contributed by atoms with Crippen molar-refractivity contribution in [1.82, 2.24) is 0 Å². The third-order valence-corrected chi connectivity index (χ3v) is 2.63. The maximum Gasteiger partial charge on any atom is 0.165 e. The Kier molecular flexibility index (Phi) is 2.00. The van der Waals surface area contributed by atoms with Crippen LogP contribution in [0.1, 0.15) is 22.3 Å². The van der Waals surface area contributed by atoms with E-state index in [1.165, 1.54) is 0 Å². The van der Waals surface area contributed by atoms with E-state index in [9.17, 15) is 4.79 Å². The van der Waals surface area contributed by atoms with Crippen molar-refractivity contribution in [3.8, 4) is 5.75 Å². The molecule has 3 heteroatoms. The SMILES string of the molecule is COc1ccc(Cl)c2c1CCC2=O. The summed E-state index contributed by atoms with van der Waals surface area (Å²) in [5.74, 6) is 0.893. The van der Waals surface area contributed by atoms with Gasteiger partial charge in [0.1, 0.15) is 5.75 Å². The van der Waals surface area contributed by atoms with Gasteiger partial charge in [-0.1, -0.05) is 11.6 Å². The van der Waals surface area contributed by atoms with E-state index in [1.807, 2.05) is 0 Å². The third-order valence-electron chi connectivity index (χ3n) is 2.32. The van der Waals surface area contributed by atoms with Crippen molar-refractivity contribution in [3.63, 3.8) is 0 Å². The molecular formula is C10H9ClO2. The Morgan fingerprint density at radius 2 is 2.15 bits per heavy atom. The monoisotopic (exact) mass is 196 g/mol. The second kappa shape index (κ2) is 3.04. The van der Waals surface area contributed by atoms with E-state index in [4.69, 9.17) is 16.3 Å². The molecule has 13 heavy (non-hydrogen) atoms. The molecule has 2 nitrogen and oxygen atoms in total. The number of methoxy groups -OCH3 is 1. The number of Topliss-reactive ketones (excluding diaryl/α,β-unsaturated/α-hetero) is 1. The van der Waals surface area contributed by atoms with Gasteiger partial charge in [-0.25, -0.2) is 0 Å². The molecule has 0 N–H and O–H groups in total. The lowest BCUT2D eigenvalue weighted by Crippen LogP contribution is -1.94. The fourth-order valence-electron chi connectivity index (χ4n) is 1.70. The molecule has 0 saturated carbocycles. The smallest absolute Gasteiger partial charge is 0.165 e. The van der Waals surface area contributed by atoms with Crippen molar-refractivity contribution in [1.29, 1.82) is 0 Å². The Hall–Kier alpha value is -1.02. The van der Waals surface area contributed by atoms with Crippen LogP contribution in [0.4, 0.5) is 0 Å². The van der Waals surface area contributed by atoms with Crippen LogP contribution in [0, 0.1) is 0 Å². The highest BCUT2D eigenvalue weighted by Crippen LogP contribution is 2.35. The number of rotatable bonds is 1.